The number of rotatable bonds is 6. The minimum absolute atomic E-state index is 0. The fourth-order valence-electron chi connectivity index (χ4n) is 4.35. The molecule has 2 fully saturated rings. The number of furan rings is 1. The molecule has 0 bridgehead atoms. The number of amides is 1. The van der Waals surface area contributed by atoms with E-state index in [1.807, 2.05) is 13.1 Å². The van der Waals surface area contributed by atoms with Crippen LogP contribution >= 0.6 is 24.0 Å². The summed E-state index contributed by atoms with van der Waals surface area (Å²) in [5.41, 5.74) is 0. The van der Waals surface area contributed by atoms with Crippen LogP contribution in [0.25, 0.3) is 0 Å². The number of piperidine rings is 2. The van der Waals surface area contributed by atoms with E-state index in [9.17, 15) is 4.79 Å². The number of hydrogen-bond donors (Lipinski definition) is 2. The van der Waals surface area contributed by atoms with Crippen LogP contribution in [0.15, 0.2) is 27.8 Å². The zero-order valence-corrected chi connectivity index (χ0v) is 20.1. The van der Waals surface area contributed by atoms with Gasteiger partial charge in [-0.05, 0) is 56.8 Å². The zero-order valence-electron chi connectivity index (χ0n) is 17.7. The molecule has 1 atom stereocenters. The first kappa shape index (κ1) is 24.0. The average molecular weight is 517 g/mol. The SMILES string of the molecule is CN=C(NCC(c1ccco1)N1CCCCC1)N1CCC(CC(=O)NC)CC1.I. The lowest BCUT2D eigenvalue weighted by Gasteiger charge is -2.36. The molecule has 2 saturated heterocycles. The molecule has 0 radical (unpaired) electrons. The summed E-state index contributed by atoms with van der Waals surface area (Å²) in [6, 6.07) is 4.28. The molecule has 1 aromatic rings. The van der Waals surface area contributed by atoms with Gasteiger partial charge < -0.3 is 20.0 Å². The third-order valence-electron chi connectivity index (χ3n) is 6.04. The summed E-state index contributed by atoms with van der Waals surface area (Å²) in [4.78, 5) is 21.0. The first-order valence-corrected chi connectivity index (χ1v) is 10.6. The van der Waals surface area contributed by atoms with Crippen molar-refractivity contribution in [3.63, 3.8) is 0 Å². The maximum Gasteiger partial charge on any atom is 0.220 e. The highest BCUT2D eigenvalue weighted by Gasteiger charge is 2.27. The lowest BCUT2D eigenvalue weighted by molar-refractivity contribution is -0.121. The van der Waals surface area contributed by atoms with Gasteiger partial charge in [0.15, 0.2) is 5.96 Å². The van der Waals surface area contributed by atoms with Gasteiger partial charge >= 0.3 is 0 Å². The number of nitrogens with zero attached hydrogens (tertiary/aromatic N) is 3. The van der Waals surface area contributed by atoms with Crippen molar-refractivity contribution in [1.29, 1.82) is 0 Å². The normalized spacial score (nSPS) is 20.1. The van der Waals surface area contributed by atoms with Gasteiger partial charge in [0, 0.05) is 40.2 Å². The van der Waals surface area contributed by atoms with Crippen LogP contribution in [0.5, 0.6) is 0 Å². The van der Waals surface area contributed by atoms with Gasteiger partial charge in [0.1, 0.15) is 5.76 Å². The summed E-state index contributed by atoms with van der Waals surface area (Å²) in [5.74, 6) is 2.59. The Morgan fingerprint density at radius 3 is 2.55 bits per heavy atom. The Morgan fingerprint density at radius 2 is 1.97 bits per heavy atom. The summed E-state index contributed by atoms with van der Waals surface area (Å²) < 4.78 is 5.75. The third kappa shape index (κ3) is 6.87. The molecule has 1 aromatic heterocycles. The number of halogens is 1. The highest BCUT2D eigenvalue weighted by atomic mass is 127. The molecule has 8 heteroatoms. The van der Waals surface area contributed by atoms with Gasteiger partial charge in [-0.3, -0.25) is 14.7 Å². The van der Waals surface area contributed by atoms with E-state index in [-0.39, 0.29) is 35.9 Å². The summed E-state index contributed by atoms with van der Waals surface area (Å²) >= 11 is 0. The molecule has 0 spiro atoms. The first-order valence-electron chi connectivity index (χ1n) is 10.6. The second-order valence-electron chi connectivity index (χ2n) is 7.86. The molecular weight excluding hydrogens is 481 g/mol. The van der Waals surface area contributed by atoms with E-state index in [2.05, 4.69) is 31.5 Å². The van der Waals surface area contributed by atoms with Gasteiger partial charge in [0.2, 0.25) is 5.91 Å². The highest BCUT2D eigenvalue weighted by Crippen LogP contribution is 2.25. The monoisotopic (exact) mass is 517 g/mol. The highest BCUT2D eigenvalue weighted by molar-refractivity contribution is 14.0. The van der Waals surface area contributed by atoms with Crippen molar-refractivity contribution in [3.05, 3.63) is 24.2 Å². The van der Waals surface area contributed by atoms with Crippen molar-refractivity contribution in [3.8, 4) is 0 Å². The fraction of sp³-hybridized carbons (Fsp3) is 0.714. The lowest BCUT2D eigenvalue weighted by Crippen LogP contribution is -2.48. The van der Waals surface area contributed by atoms with Gasteiger partial charge in [0.25, 0.3) is 0 Å². The van der Waals surface area contributed by atoms with E-state index in [4.69, 9.17) is 4.42 Å². The molecule has 0 aliphatic carbocycles. The van der Waals surface area contributed by atoms with Crippen LogP contribution < -0.4 is 10.6 Å². The molecular formula is C21H36IN5O2. The number of carbonyl (C=O) groups is 1. The largest absolute Gasteiger partial charge is 0.468 e. The van der Waals surface area contributed by atoms with E-state index in [0.717, 1.165) is 57.3 Å². The van der Waals surface area contributed by atoms with Crippen molar-refractivity contribution >= 4 is 35.8 Å². The van der Waals surface area contributed by atoms with E-state index in [0.29, 0.717) is 12.3 Å². The summed E-state index contributed by atoms with van der Waals surface area (Å²) in [5, 5.41) is 6.32. The van der Waals surface area contributed by atoms with Crippen LogP contribution in [0.2, 0.25) is 0 Å². The third-order valence-corrected chi connectivity index (χ3v) is 6.04. The average Bonchev–Trinajstić information content (AvgIpc) is 3.27. The molecule has 0 saturated carbocycles. The van der Waals surface area contributed by atoms with Crippen LogP contribution in [-0.2, 0) is 4.79 Å². The van der Waals surface area contributed by atoms with Crippen LogP contribution in [0.3, 0.4) is 0 Å². The molecule has 0 aromatic carbocycles. The van der Waals surface area contributed by atoms with Crippen molar-refractivity contribution in [2.75, 3.05) is 46.8 Å². The molecule has 2 aliphatic heterocycles. The number of aliphatic imine (C=N–C) groups is 1. The van der Waals surface area contributed by atoms with Crippen LogP contribution in [0, 0.1) is 5.92 Å². The number of hydrogen-bond acceptors (Lipinski definition) is 4. The van der Waals surface area contributed by atoms with Crippen LogP contribution in [0.1, 0.15) is 50.3 Å². The lowest BCUT2D eigenvalue weighted by atomic mass is 9.93. The number of carbonyl (C=O) groups excluding carboxylic acids is 1. The summed E-state index contributed by atoms with van der Waals surface area (Å²) in [6.45, 7) is 4.92. The Hall–Kier alpha value is -1.29. The van der Waals surface area contributed by atoms with E-state index >= 15 is 0 Å². The maximum atomic E-state index is 11.6. The molecule has 3 heterocycles. The standard InChI is InChI=1S/C21H35N5O2.HI/c1-22-20(27)15-17-8-12-26(13-9-17)21(23-2)24-16-18(19-7-6-14-28-19)25-10-4-3-5-11-25;/h6-7,14,17-18H,3-5,8-13,15-16H2,1-2H3,(H,22,27)(H,23,24);1H. The quantitative estimate of drug-likeness (QED) is 0.345. The van der Waals surface area contributed by atoms with Crippen molar-refractivity contribution in [2.45, 2.75) is 44.6 Å². The van der Waals surface area contributed by atoms with Crippen molar-refractivity contribution in [2.24, 2.45) is 10.9 Å². The maximum absolute atomic E-state index is 11.6. The minimum atomic E-state index is 0. The second kappa shape index (κ2) is 12.4. The van der Waals surface area contributed by atoms with Crippen molar-refractivity contribution in [1.82, 2.24) is 20.4 Å². The molecule has 1 amide bonds. The van der Waals surface area contributed by atoms with E-state index in [1.165, 1.54) is 19.3 Å². The Morgan fingerprint density at radius 1 is 1.24 bits per heavy atom. The number of nitrogens with one attached hydrogen (secondary N) is 2. The summed E-state index contributed by atoms with van der Waals surface area (Å²) in [7, 11) is 3.56. The Bertz CT molecular complexity index is 623. The van der Waals surface area contributed by atoms with Gasteiger partial charge in [-0.1, -0.05) is 6.42 Å². The molecule has 3 rings (SSSR count). The van der Waals surface area contributed by atoms with Gasteiger partial charge in [0.05, 0.1) is 12.3 Å². The van der Waals surface area contributed by atoms with Gasteiger partial charge in [-0.15, -0.1) is 24.0 Å². The second-order valence-corrected chi connectivity index (χ2v) is 7.86. The topological polar surface area (TPSA) is 73.1 Å². The van der Waals surface area contributed by atoms with E-state index in [1.54, 1.807) is 13.3 Å². The Kier molecular flexibility index (Phi) is 10.3. The molecule has 2 aliphatic rings. The molecule has 2 N–H and O–H groups in total. The minimum Gasteiger partial charge on any atom is -0.468 e. The molecule has 1 unspecified atom stereocenters. The Balaban J connectivity index is 0.00000300. The van der Waals surface area contributed by atoms with E-state index < -0.39 is 0 Å². The van der Waals surface area contributed by atoms with Gasteiger partial charge in [-0.2, -0.15) is 0 Å². The van der Waals surface area contributed by atoms with Gasteiger partial charge in [-0.25, -0.2) is 0 Å². The fourth-order valence-corrected chi connectivity index (χ4v) is 4.35. The molecule has 7 nitrogen and oxygen atoms in total. The predicted molar refractivity (Wildman–Crippen MR) is 127 cm³/mol. The van der Waals surface area contributed by atoms with Crippen LogP contribution in [-0.4, -0.2) is 68.5 Å². The van der Waals surface area contributed by atoms with Crippen LogP contribution in [0.4, 0.5) is 0 Å². The smallest absolute Gasteiger partial charge is 0.220 e. The number of guanidine groups is 1. The Labute approximate surface area is 191 Å². The molecule has 164 valence electrons. The first-order chi connectivity index (χ1) is 13.7. The number of likely N-dealkylation sites (tertiary alicyclic amines) is 2. The molecule has 29 heavy (non-hydrogen) atoms. The predicted octanol–water partition coefficient (Wildman–Crippen LogP) is 2.85. The summed E-state index contributed by atoms with van der Waals surface area (Å²) in [6.07, 6.45) is 8.28. The zero-order chi connectivity index (χ0) is 19.8. The van der Waals surface area contributed by atoms with Crippen molar-refractivity contribution < 1.29 is 9.21 Å².